The molecule has 29 heavy (non-hydrogen) atoms. The molecule has 2 aromatic rings. The second kappa shape index (κ2) is 13.3. The number of aryl methyl sites for hydroxylation is 1. The molecule has 2 rings (SSSR count). The van der Waals surface area contributed by atoms with Gasteiger partial charge >= 0.3 is 11.1 Å². The minimum absolute atomic E-state index is 0. The summed E-state index contributed by atoms with van der Waals surface area (Å²) >= 11 is 1.77. The van der Waals surface area contributed by atoms with E-state index in [0.717, 1.165) is 61.6 Å². The van der Waals surface area contributed by atoms with Gasteiger partial charge in [0.2, 0.25) is 0 Å². The van der Waals surface area contributed by atoms with Crippen LogP contribution in [0.4, 0.5) is 0 Å². The number of halogens is 1. The number of phenols is 3. The van der Waals surface area contributed by atoms with E-state index in [2.05, 4.69) is 4.98 Å². The van der Waals surface area contributed by atoms with Gasteiger partial charge < -0.3 is 37.0 Å². The van der Waals surface area contributed by atoms with Gasteiger partial charge in [0, 0.05) is 11.8 Å². The van der Waals surface area contributed by atoms with Crippen LogP contribution in [0.5, 0.6) is 17.2 Å². The van der Waals surface area contributed by atoms with Gasteiger partial charge in [-0.1, -0.05) is 25.7 Å². The minimum Gasteiger partial charge on any atom is -1.00 e. The molecule has 1 aromatic carbocycles. The smallest absolute Gasteiger partial charge is 0.358 e. The molecule has 0 aliphatic carbocycles. The van der Waals surface area contributed by atoms with E-state index in [-0.39, 0.29) is 29.2 Å². The van der Waals surface area contributed by atoms with Crippen LogP contribution in [0.2, 0.25) is 0 Å². The van der Waals surface area contributed by atoms with Crippen molar-refractivity contribution in [1.29, 1.82) is 0 Å². The number of aromatic hydroxyl groups is 3. The van der Waals surface area contributed by atoms with Crippen molar-refractivity contribution in [2.24, 2.45) is 7.05 Å². The highest BCUT2D eigenvalue weighted by Gasteiger charge is 2.14. The van der Waals surface area contributed by atoms with Crippen molar-refractivity contribution in [3.63, 3.8) is 0 Å². The lowest BCUT2D eigenvalue weighted by molar-refractivity contribution is -0.713. The minimum atomic E-state index is -0.649. The maximum atomic E-state index is 11.9. The number of nitrogens with zero attached hydrogens (tertiary/aromatic N) is 2. The zero-order chi connectivity index (χ0) is 20.4. The fraction of sp³-hybridized carbons (Fsp3) is 0.450. The number of phenolic OH excluding ortho intramolecular Hbond substituents is 3. The number of carbonyl (C=O) groups is 1. The van der Waals surface area contributed by atoms with Crippen LogP contribution in [0.25, 0.3) is 0 Å². The maximum Gasteiger partial charge on any atom is 0.358 e. The van der Waals surface area contributed by atoms with Crippen LogP contribution in [-0.2, 0) is 11.8 Å². The molecule has 0 aliphatic rings. The zero-order valence-corrected chi connectivity index (χ0v) is 18.8. The summed E-state index contributed by atoms with van der Waals surface area (Å²) in [5.41, 5.74) is 0.00612. The first-order valence-corrected chi connectivity index (χ1v) is 10.3. The van der Waals surface area contributed by atoms with Gasteiger partial charge in [-0.25, -0.2) is 9.36 Å². The Balaban J connectivity index is 0.00000420. The monoisotopic (exact) mass is 486 g/mol. The summed E-state index contributed by atoms with van der Waals surface area (Å²) in [4.78, 5) is 16.2. The summed E-state index contributed by atoms with van der Waals surface area (Å²) in [6, 6.07) is 4.06. The number of hydrogen-bond donors (Lipinski definition) is 3. The van der Waals surface area contributed by atoms with Crippen LogP contribution in [0.1, 0.15) is 48.9 Å². The molecule has 1 aromatic heterocycles. The van der Waals surface area contributed by atoms with Crippen LogP contribution in [0, 0.1) is 0 Å². The van der Waals surface area contributed by atoms with Crippen molar-refractivity contribution < 1.29 is 46.4 Å². The van der Waals surface area contributed by atoms with Crippen LogP contribution in [-0.4, -0.2) is 38.6 Å². The molecule has 7 nitrogen and oxygen atoms in total. The number of esters is 1. The molecule has 1 heterocycles. The molecule has 0 unspecified atom stereocenters. The van der Waals surface area contributed by atoms with Crippen LogP contribution < -0.4 is 21.5 Å². The molecule has 3 N–H and O–H groups in total. The lowest BCUT2D eigenvalue weighted by atomic mass is 10.1. The Morgan fingerprint density at radius 1 is 1.07 bits per heavy atom. The number of carbonyl (C=O) groups excluding carboxylic acids is 1. The van der Waals surface area contributed by atoms with Crippen LogP contribution >= 0.6 is 11.8 Å². The van der Waals surface area contributed by atoms with Crippen molar-refractivity contribution in [3.8, 4) is 17.2 Å². The highest BCUT2D eigenvalue weighted by Crippen LogP contribution is 2.35. The van der Waals surface area contributed by atoms with E-state index in [1.165, 1.54) is 0 Å². The average Bonchev–Trinajstić information content (AvgIpc) is 2.68. The summed E-state index contributed by atoms with van der Waals surface area (Å²) in [6.07, 6.45) is 10.1. The summed E-state index contributed by atoms with van der Waals surface area (Å²) < 4.78 is 7.15. The number of ether oxygens (including phenoxy) is 1. The fourth-order valence-corrected chi connectivity index (χ4v) is 3.54. The molecule has 0 fully saturated rings. The molecule has 0 saturated heterocycles. The number of unbranched alkanes of at least 4 members (excludes halogenated alkanes) is 5. The van der Waals surface area contributed by atoms with E-state index in [0.29, 0.717) is 0 Å². The van der Waals surface area contributed by atoms with E-state index < -0.39 is 23.2 Å². The van der Waals surface area contributed by atoms with Gasteiger partial charge in [-0.2, -0.15) is 0 Å². The summed E-state index contributed by atoms with van der Waals surface area (Å²) in [5, 5.41) is 29.1. The van der Waals surface area contributed by atoms with E-state index in [9.17, 15) is 20.1 Å². The van der Waals surface area contributed by atoms with Gasteiger partial charge in [-0.3, -0.25) is 0 Å². The predicted molar refractivity (Wildman–Crippen MR) is 106 cm³/mol. The maximum absolute atomic E-state index is 11.9. The van der Waals surface area contributed by atoms with Gasteiger partial charge in [0.25, 0.3) is 0 Å². The van der Waals surface area contributed by atoms with Gasteiger partial charge in [0.05, 0.1) is 25.4 Å². The molecular weight excluding hydrogens is 460 g/mol. The van der Waals surface area contributed by atoms with Crippen LogP contribution in [0.15, 0.2) is 35.7 Å². The lowest BCUT2D eigenvalue weighted by Gasteiger charge is -2.07. The standard InChI is InChI=1S/C20H26N2O5S.BrH/c1-22-10-8-9-21-20(22)28-12-7-5-3-2-4-6-11-27-19(26)15-13-16(23)18(25)17(24)14-15;/h8-10,13-14H,2-7,11-12H2,1H3,(H2-,23,24,25,26);1H. The number of benzene rings is 1. The van der Waals surface area contributed by atoms with E-state index >= 15 is 0 Å². The van der Waals surface area contributed by atoms with Gasteiger partial charge in [-0.15, -0.1) is 0 Å². The normalized spacial score (nSPS) is 10.4. The molecule has 0 bridgehead atoms. The Hall–Kier alpha value is -2.00. The second-order valence-electron chi connectivity index (χ2n) is 6.48. The Morgan fingerprint density at radius 2 is 1.69 bits per heavy atom. The molecule has 9 heteroatoms. The van der Waals surface area contributed by atoms with E-state index in [1.807, 2.05) is 30.1 Å². The van der Waals surface area contributed by atoms with Crippen LogP contribution in [0.3, 0.4) is 0 Å². The van der Waals surface area contributed by atoms with E-state index in [1.54, 1.807) is 11.8 Å². The Labute approximate surface area is 185 Å². The van der Waals surface area contributed by atoms with Crippen molar-refractivity contribution in [2.45, 2.75) is 43.7 Å². The van der Waals surface area contributed by atoms with Gasteiger partial charge in [0.1, 0.15) is 6.20 Å². The molecule has 0 radical (unpaired) electrons. The van der Waals surface area contributed by atoms with Gasteiger partial charge in [0.15, 0.2) is 17.2 Å². The quantitative estimate of drug-likeness (QED) is 0.105. The third-order valence-corrected chi connectivity index (χ3v) is 5.34. The van der Waals surface area contributed by atoms with Crippen molar-refractivity contribution >= 4 is 17.7 Å². The number of hydrogen-bond acceptors (Lipinski definition) is 7. The van der Waals surface area contributed by atoms with Crippen molar-refractivity contribution in [3.05, 3.63) is 36.2 Å². The SMILES string of the molecule is C[n+]1cccnc1SCCCCCCCCOC(=O)c1cc(O)c(O)c(O)c1.[Br-]. The topological polar surface area (TPSA) is 104 Å². The van der Waals surface area contributed by atoms with Crippen molar-refractivity contribution in [2.75, 3.05) is 12.4 Å². The summed E-state index contributed by atoms with van der Waals surface area (Å²) in [7, 11) is 2.00. The fourth-order valence-electron chi connectivity index (χ4n) is 2.61. The molecule has 0 amide bonds. The molecule has 0 saturated carbocycles. The third kappa shape index (κ3) is 8.49. The average molecular weight is 487 g/mol. The zero-order valence-electron chi connectivity index (χ0n) is 16.4. The largest absolute Gasteiger partial charge is 1.00 e. The van der Waals surface area contributed by atoms with Crippen molar-refractivity contribution in [1.82, 2.24) is 4.98 Å². The number of thioether (sulfide) groups is 1. The first kappa shape index (κ1) is 25.0. The lowest BCUT2D eigenvalue weighted by Crippen LogP contribution is -3.00. The van der Waals surface area contributed by atoms with E-state index in [4.69, 9.17) is 4.74 Å². The molecule has 0 spiro atoms. The molecule has 0 atom stereocenters. The van der Waals surface area contributed by atoms with Gasteiger partial charge in [-0.05, 0) is 41.7 Å². The Bertz CT molecular complexity index is 768. The number of rotatable bonds is 11. The molecule has 0 aliphatic heterocycles. The number of aromatic nitrogens is 2. The predicted octanol–water partition coefficient (Wildman–Crippen LogP) is 0.317. The Kier molecular flexibility index (Phi) is 11.5. The Morgan fingerprint density at radius 3 is 2.34 bits per heavy atom. The summed E-state index contributed by atoms with van der Waals surface area (Å²) in [5.74, 6) is -1.34. The first-order chi connectivity index (χ1) is 13.5. The highest BCUT2D eigenvalue weighted by atomic mass is 79.9. The second-order valence-corrected chi connectivity index (χ2v) is 7.54. The highest BCUT2D eigenvalue weighted by molar-refractivity contribution is 7.99. The first-order valence-electron chi connectivity index (χ1n) is 9.34. The molecular formula is C20H27BrN2O5S. The molecule has 160 valence electrons. The third-order valence-electron chi connectivity index (χ3n) is 4.19. The summed E-state index contributed by atoms with van der Waals surface area (Å²) in [6.45, 7) is 0.285.